The Morgan fingerprint density at radius 2 is 1.75 bits per heavy atom. The summed E-state index contributed by atoms with van der Waals surface area (Å²) in [6.45, 7) is 6.60. The lowest BCUT2D eigenvalue weighted by Gasteiger charge is -2.42. The van der Waals surface area contributed by atoms with E-state index in [9.17, 15) is 18.8 Å². The van der Waals surface area contributed by atoms with E-state index in [2.05, 4.69) is 45.0 Å². The van der Waals surface area contributed by atoms with E-state index in [0.29, 0.717) is 58.4 Å². The van der Waals surface area contributed by atoms with Crippen molar-refractivity contribution in [3.8, 4) is 12.1 Å². The number of anilines is 2. The number of hydrogen-bond acceptors (Lipinski definition) is 9. The number of halogens is 3. The van der Waals surface area contributed by atoms with Crippen LogP contribution in [-0.4, -0.2) is 114 Å². The van der Waals surface area contributed by atoms with Crippen molar-refractivity contribution in [2.24, 2.45) is 0 Å². The number of carbonyl (C=O) groups excluding carboxylic acids is 1. The number of fused-ring (bicyclic) bond motifs is 3. The second-order valence-electron chi connectivity index (χ2n) is 15.3. The van der Waals surface area contributed by atoms with Crippen molar-refractivity contribution in [2.75, 3.05) is 75.3 Å². The fraction of sp³-hybridized carbons (Fsp3) is 0.550. The van der Waals surface area contributed by atoms with E-state index >= 15 is 0 Å². The highest BCUT2D eigenvalue weighted by atomic mass is 35.5. The minimum atomic E-state index is -2.60. The molecule has 10 nitrogen and oxygen atoms in total. The predicted molar refractivity (Wildman–Crippen MR) is 202 cm³/mol. The number of nitrogens with zero attached hydrogens (tertiary/aromatic N) is 8. The Balaban J connectivity index is 1.04. The molecule has 3 aromatic rings. The fourth-order valence-corrected chi connectivity index (χ4v) is 9.48. The number of benzene rings is 2. The maximum absolute atomic E-state index is 13.6. The molecule has 53 heavy (non-hydrogen) atoms. The molecule has 1 atom stereocenters. The largest absolute Gasteiger partial charge is 0.461 e. The van der Waals surface area contributed by atoms with Gasteiger partial charge in [0.25, 0.3) is 5.92 Å². The maximum atomic E-state index is 13.6. The highest BCUT2D eigenvalue weighted by Gasteiger charge is 2.45. The number of amides is 1. The van der Waals surface area contributed by atoms with Gasteiger partial charge >= 0.3 is 6.01 Å². The van der Waals surface area contributed by atoms with Crippen LogP contribution >= 0.6 is 11.6 Å². The number of nitriles is 1. The molecule has 0 bridgehead atoms. The van der Waals surface area contributed by atoms with Crippen LogP contribution in [0.1, 0.15) is 56.2 Å². The van der Waals surface area contributed by atoms with Gasteiger partial charge in [0.1, 0.15) is 12.4 Å². The summed E-state index contributed by atoms with van der Waals surface area (Å²) >= 11 is 6.76. The van der Waals surface area contributed by atoms with Crippen LogP contribution in [0.5, 0.6) is 6.01 Å². The molecule has 0 spiro atoms. The number of rotatable bonds is 9. The van der Waals surface area contributed by atoms with Crippen LogP contribution in [0, 0.1) is 11.3 Å². The molecule has 0 N–H and O–H groups in total. The summed E-state index contributed by atoms with van der Waals surface area (Å²) in [5, 5.41) is 12.7. The summed E-state index contributed by atoms with van der Waals surface area (Å²) < 4.78 is 33.8. The first-order valence-electron chi connectivity index (χ1n) is 19.1. The van der Waals surface area contributed by atoms with Crippen molar-refractivity contribution in [2.45, 2.75) is 75.4 Å². The van der Waals surface area contributed by atoms with Gasteiger partial charge in [-0.05, 0) is 62.7 Å². The van der Waals surface area contributed by atoms with Gasteiger partial charge in [0.05, 0.1) is 41.3 Å². The van der Waals surface area contributed by atoms with E-state index in [0.717, 1.165) is 77.5 Å². The summed E-state index contributed by atoms with van der Waals surface area (Å²) in [7, 11) is 0. The lowest BCUT2D eigenvalue weighted by molar-refractivity contribution is -0.128. The van der Waals surface area contributed by atoms with Crippen LogP contribution in [-0.2, 0) is 17.8 Å². The van der Waals surface area contributed by atoms with Crippen LogP contribution in [0.15, 0.2) is 48.6 Å². The van der Waals surface area contributed by atoms with E-state index in [-0.39, 0.29) is 36.8 Å². The number of aromatic nitrogens is 2. The molecule has 0 unspecified atom stereocenters. The zero-order valence-electron chi connectivity index (χ0n) is 30.2. The smallest absolute Gasteiger partial charge is 0.318 e. The first-order valence-corrected chi connectivity index (χ1v) is 19.5. The zero-order chi connectivity index (χ0) is 36.6. The van der Waals surface area contributed by atoms with E-state index in [1.165, 1.54) is 18.9 Å². The average molecular weight is 745 g/mol. The highest BCUT2D eigenvalue weighted by molar-refractivity contribution is 6.36. The second-order valence-corrected chi connectivity index (χ2v) is 15.7. The standard InChI is InChI=1S/C40H47ClF2N8O2/c41-32-8-1-6-29-7-2-9-34(36(29)32)48-21-12-31-33(27-48)45-38(53-28-39-13-4-19-50(39)20-5-14-39)46-37(31)49-24-25-51(30(26-49)11-17-44)35(52)10-3-18-47-22-15-40(42,43)16-23-47/h1-3,6-10,30H,4-5,11-16,18-28H2/b10-3+/t30-/m0/s1. The Morgan fingerprint density at radius 3 is 2.53 bits per heavy atom. The van der Waals surface area contributed by atoms with Crippen molar-refractivity contribution < 1.29 is 18.3 Å². The summed E-state index contributed by atoms with van der Waals surface area (Å²) in [5.41, 5.74) is 3.10. The van der Waals surface area contributed by atoms with Crippen LogP contribution < -0.4 is 14.5 Å². The third-order valence-electron chi connectivity index (χ3n) is 12.1. The average Bonchev–Trinajstić information content (AvgIpc) is 3.75. The maximum Gasteiger partial charge on any atom is 0.318 e. The number of ether oxygens (including phenoxy) is 1. The van der Waals surface area contributed by atoms with Gasteiger partial charge < -0.3 is 19.4 Å². The van der Waals surface area contributed by atoms with E-state index < -0.39 is 5.92 Å². The predicted octanol–water partition coefficient (Wildman–Crippen LogP) is 6.07. The first kappa shape index (κ1) is 36.0. The molecule has 0 aliphatic carbocycles. The minimum absolute atomic E-state index is 0.0433. The molecule has 5 aliphatic heterocycles. The Labute approximate surface area is 314 Å². The summed E-state index contributed by atoms with van der Waals surface area (Å²) in [6.07, 6.45) is 8.48. The lowest BCUT2D eigenvalue weighted by Crippen LogP contribution is -2.55. The molecule has 6 heterocycles. The number of piperazine rings is 1. The highest BCUT2D eigenvalue weighted by Crippen LogP contribution is 2.40. The third-order valence-corrected chi connectivity index (χ3v) is 12.4. The normalized spacial score (nSPS) is 23.0. The van der Waals surface area contributed by atoms with Gasteiger partial charge in [-0.15, -0.1) is 0 Å². The van der Waals surface area contributed by atoms with Gasteiger partial charge in [-0.2, -0.15) is 15.2 Å². The van der Waals surface area contributed by atoms with Gasteiger partial charge in [-0.1, -0.05) is 41.9 Å². The number of piperidine rings is 1. The molecule has 5 aliphatic rings. The quantitative estimate of drug-likeness (QED) is 0.242. The van der Waals surface area contributed by atoms with Gasteiger partial charge in [-0.3, -0.25) is 14.6 Å². The molecular formula is C40H47ClF2N8O2. The second kappa shape index (κ2) is 15.0. The molecule has 4 saturated heterocycles. The summed E-state index contributed by atoms with van der Waals surface area (Å²) in [5.74, 6) is -1.95. The van der Waals surface area contributed by atoms with E-state index in [4.69, 9.17) is 26.3 Å². The summed E-state index contributed by atoms with van der Waals surface area (Å²) in [6, 6.07) is 14.6. The zero-order valence-corrected chi connectivity index (χ0v) is 30.9. The van der Waals surface area contributed by atoms with Crippen molar-refractivity contribution in [3.63, 3.8) is 0 Å². The molecular weight excluding hydrogens is 698 g/mol. The van der Waals surface area contributed by atoms with Crippen LogP contribution in [0.25, 0.3) is 10.8 Å². The van der Waals surface area contributed by atoms with Gasteiger partial charge in [0.15, 0.2) is 0 Å². The fourth-order valence-electron chi connectivity index (χ4n) is 9.20. The molecule has 0 radical (unpaired) electrons. The Bertz CT molecular complexity index is 1890. The minimum Gasteiger partial charge on any atom is -0.461 e. The first-order chi connectivity index (χ1) is 25.7. The van der Waals surface area contributed by atoms with Gasteiger partial charge in [-0.25, -0.2) is 8.78 Å². The topological polar surface area (TPSA) is 92.1 Å². The number of carbonyl (C=O) groups is 1. The molecule has 2 aromatic carbocycles. The van der Waals surface area contributed by atoms with Crippen LogP contribution in [0.4, 0.5) is 20.3 Å². The Kier molecular flexibility index (Phi) is 10.2. The monoisotopic (exact) mass is 744 g/mol. The molecule has 13 heteroatoms. The summed E-state index contributed by atoms with van der Waals surface area (Å²) in [4.78, 5) is 34.4. The molecule has 1 aromatic heterocycles. The third kappa shape index (κ3) is 7.40. The van der Waals surface area contributed by atoms with Crippen molar-refractivity contribution in [1.82, 2.24) is 24.7 Å². The number of hydrogen-bond donors (Lipinski definition) is 0. The Hall–Kier alpha value is -4.05. The van der Waals surface area contributed by atoms with Crippen LogP contribution in [0.2, 0.25) is 5.02 Å². The molecule has 1 amide bonds. The van der Waals surface area contributed by atoms with Crippen molar-refractivity contribution >= 4 is 39.8 Å². The van der Waals surface area contributed by atoms with Gasteiger partial charge in [0.2, 0.25) is 5.91 Å². The molecule has 0 saturated carbocycles. The van der Waals surface area contributed by atoms with Crippen molar-refractivity contribution in [1.29, 1.82) is 5.26 Å². The molecule has 8 rings (SSSR count). The number of likely N-dealkylation sites (tertiary alicyclic amines) is 1. The SMILES string of the molecule is N#CC[C@H]1CN(c2nc(OCC34CCCN3CCC4)nc3c2CCN(c2cccc4cccc(Cl)c24)C3)CCN1C(=O)/C=C/CN1CCC(F)(F)CC1. The molecule has 4 fully saturated rings. The van der Waals surface area contributed by atoms with Gasteiger partial charge in [0, 0.05) is 81.4 Å². The van der Waals surface area contributed by atoms with E-state index in [1.54, 1.807) is 11.0 Å². The van der Waals surface area contributed by atoms with E-state index in [1.807, 2.05) is 17.0 Å². The number of alkyl halides is 2. The van der Waals surface area contributed by atoms with Crippen LogP contribution in [0.3, 0.4) is 0 Å². The molecule has 280 valence electrons. The van der Waals surface area contributed by atoms with Crippen molar-refractivity contribution in [3.05, 3.63) is 64.8 Å². The lowest BCUT2D eigenvalue weighted by atomic mass is 9.95. The Morgan fingerprint density at radius 1 is 0.981 bits per heavy atom.